The highest BCUT2D eigenvalue weighted by molar-refractivity contribution is 6.30. The summed E-state index contributed by atoms with van der Waals surface area (Å²) in [4.78, 5) is 30.4. The van der Waals surface area contributed by atoms with Gasteiger partial charge in [-0.15, -0.1) is 0 Å². The second-order valence-corrected chi connectivity index (χ2v) is 10.7. The smallest absolute Gasteiger partial charge is 0.318 e. The predicted molar refractivity (Wildman–Crippen MR) is 141 cm³/mol. The minimum absolute atomic E-state index is 0.0566. The number of nitrogens with zero attached hydrogens (tertiary/aromatic N) is 6. The lowest BCUT2D eigenvalue weighted by molar-refractivity contribution is -0.126. The third-order valence-electron chi connectivity index (χ3n) is 7.67. The molecule has 0 N–H and O–H groups in total. The van der Waals surface area contributed by atoms with Crippen LogP contribution in [-0.2, 0) is 24.4 Å². The highest BCUT2D eigenvalue weighted by atomic mass is 35.5. The van der Waals surface area contributed by atoms with E-state index in [1.54, 1.807) is 12.1 Å². The van der Waals surface area contributed by atoms with Crippen LogP contribution in [0, 0.1) is 5.82 Å². The van der Waals surface area contributed by atoms with Crippen LogP contribution in [-0.4, -0.2) is 82.5 Å². The van der Waals surface area contributed by atoms with Crippen molar-refractivity contribution in [1.29, 1.82) is 0 Å². The van der Waals surface area contributed by atoms with Gasteiger partial charge in [0.15, 0.2) is 0 Å². The van der Waals surface area contributed by atoms with Crippen LogP contribution in [0.25, 0.3) is 0 Å². The molecule has 1 aromatic heterocycles. The first-order valence-corrected chi connectivity index (χ1v) is 13.3. The van der Waals surface area contributed by atoms with Crippen LogP contribution in [0.2, 0.25) is 5.02 Å². The second kappa shape index (κ2) is 10.9. The molecule has 2 fully saturated rings. The van der Waals surface area contributed by atoms with E-state index in [0.717, 1.165) is 30.0 Å². The summed E-state index contributed by atoms with van der Waals surface area (Å²) in [5.41, 5.74) is 2.49. The Balaban J connectivity index is 1.40. The number of anilines is 1. The highest BCUT2D eigenvalue weighted by Crippen LogP contribution is 2.34. The number of ether oxygens (including phenoxy) is 1. The van der Waals surface area contributed by atoms with Crippen molar-refractivity contribution in [3.63, 3.8) is 0 Å². The minimum Gasteiger partial charge on any atom is -0.462 e. The molecule has 0 spiro atoms. The molecule has 198 valence electrons. The van der Waals surface area contributed by atoms with Crippen molar-refractivity contribution < 1.29 is 13.9 Å². The van der Waals surface area contributed by atoms with Gasteiger partial charge in [-0.3, -0.25) is 9.69 Å². The molecule has 2 atom stereocenters. The maximum absolute atomic E-state index is 14.5. The molecule has 10 heteroatoms. The molecule has 3 aliphatic rings. The van der Waals surface area contributed by atoms with E-state index >= 15 is 0 Å². The number of piperazine rings is 1. The van der Waals surface area contributed by atoms with Crippen LogP contribution in [0.3, 0.4) is 0 Å². The second-order valence-electron chi connectivity index (χ2n) is 10.3. The van der Waals surface area contributed by atoms with Crippen LogP contribution in [0.1, 0.15) is 36.6 Å². The third kappa shape index (κ3) is 5.58. The van der Waals surface area contributed by atoms with Gasteiger partial charge in [-0.2, -0.15) is 9.97 Å². The fraction of sp³-hybridized carbons (Fsp3) is 0.519. The van der Waals surface area contributed by atoms with Gasteiger partial charge in [-0.05, 0) is 57.6 Å². The first-order valence-electron chi connectivity index (χ1n) is 12.9. The van der Waals surface area contributed by atoms with E-state index in [2.05, 4.69) is 35.3 Å². The van der Waals surface area contributed by atoms with Gasteiger partial charge in [0.1, 0.15) is 18.2 Å². The van der Waals surface area contributed by atoms with Crippen LogP contribution in [0.4, 0.5) is 10.2 Å². The van der Waals surface area contributed by atoms with Crippen LogP contribution < -0.4 is 9.64 Å². The Morgan fingerprint density at radius 1 is 1.27 bits per heavy atom. The van der Waals surface area contributed by atoms with Crippen molar-refractivity contribution in [2.75, 3.05) is 44.7 Å². The van der Waals surface area contributed by atoms with Gasteiger partial charge in [0.2, 0.25) is 5.91 Å². The van der Waals surface area contributed by atoms with Gasteiger partial charge in [0.25, 0.3) is 0 Å². The molecule has 8 nitrogen and oxygen atoms in total. The molecule has 37 heavy (non-hydrogen) atoms. The fourth-order valence-corrected chi connectivity index (χ4v) is 5.76. The molecule has 0 saturated carbocycles. The first kappa shape index (κ1) is 25.9. The number of benzene rings is 1. The van der Waals surface area contributed by atoms with Crippen molar-refractivity contribution in [1.82, 2.24) is 24.7 Å². The number of carbonyl (C=O) groups is 1. The monoisotopic (exact) mass is 528 g/mol. The number of carbonyl (C=O) groups excluding carboxylic acids is 1. The van der Waals surface area contributed by atoms with Gasteiger partial charge >= 0.3 is 6.01 Å². The van der Waals surface area contributed by atoms with E-state index < -0.39 is 0 Å². The van der Waals surface area contributed by atoms with E-state index in [-0.39, 0.29) is 17.8 Å². The Kier molecular flexibility index (Phi) is 7.65. The molecule has 1 aromatic carbocycles. The van der Waals surface area contributed by atoms with Crippen molar-refractivity contribution in [3.8, 4) is 6.01 Å². The van der Waals surface area contributed by atoms with Gasteiger partial charge in [0, 0.05) is 67.5 Å². The number of halogens is 2. The number of likely N-dealkylation sites (tertiary alicyclic amines) is 1. The zero-order valence-corrected chi connectivity index (χ0v) is 22.3. The van der Waals surface area contributed by atoms with Crippen molar-refractivity contribution >= 4 is 23.3 Å². The molecule has 4 heterocycles. The average molecular weight is 529 g/mol. The standard InChI is InChI=1S/C27H34ClFN6O2/c1-4-25(36)34-10-11-35(18(2)13-34)26-22-15-33(14-19-12-20(28)7-8-23(19)29)16-24(22)30-27(31-26)37-17-21-6-5-9-32(21)3/h4,7-8,12,18,21H,1,5-6,9-11,13-17H2,2-3H3/t18-,21-/m0/s1. The molecule has 3 aliphatic heterocycles. The Labute approximate surface area is 222 Å². The number of aromatic nitrogens is 2. The van der Waals surface area contributed by atoms with Crippen LogP contribution in [0.15, 0.2) is 30.9 Å². The average Bonchev–Trinajstić information content (AvgIpc) is 3.49. The largest absolute Gasteiger partial charge is 0.462 e. The summed E-state index contributed by atoms with van der Waals surface area (Å²) >= 11 is 6.13. The lowest BCUT2D eigenvalue weighted by atomic mass is 10.1. The summed E-state index contributed by atoms with van der Waals surface area (Å²) in [5.74, 6) is 0.513. The number of hydrogen-bond acceptors (Lipinski definition) is 7. The minimum atomic E-state index is -0.270. The van der Waals surface area contributed by atoms with Gasteiger partial charge in [-0.1, -0.05) is 18.2 Å². The van der Waals surface area contributed by atoms with E-state index in [4.69, 9.17) is 26.3 Å². The molecule has 0 unspecified atom stereocenters. The lowest BCUT2D eigenvalue weighted by Gasteiger charge is -2.40. The molecule has 1 amide bonds. The van der Waals surface area contributed by atoms with Gasteiger partial charge in [-0.25, -0.2) is 4.39 Å². The van der Waals surface area contributed by atoms with Gasteiger partial charge < -0.3 is 19.4 Å². The maximum atomic E-state index is 14.5. The molecule has 2 aromatic rings. The summed E-state index contributed by atoms with van der Waals surface area (Å²) < 4.78 is 20.6. The number of hydrogen-bond donors (Lipinski definition) is 0. The van der Waals surface area contributed by atoms with Crippen LogP contribution in [0.5, 0.6) is 6.01 Å². The lowest BCUT2D eigenvalue weighted by Crippen LogP contribution is -2.54. The molecule has 0 bridgehead atoms. The molecule has 0 aliphatic carbocycles. The topological polar surface area (TPSA) is 65.0 Å². The van der Waals surface area contributed by atoms with Gasteiger partial charge in [0.05, 0.1) is 5.69 Å². The SMILES string of the molecule is C=CC(=O)N1CCN(c2nc(OC[C@@H]3CCCN3C)nc3c2CN(Cc2cc(Cl)ccc2F)C3)[C@@H](C)C1. The molecular formula is C27H34ClFN6O2. The molecule has 2 saturated heterocycles. The molecule has 5 rings (SSSR count). The zero-order chi connectivity index (χ0) is 26.1. The van der Waals surface area contributed by atoms with Crippen molar-refractivity contribution in [2.45, 2.75) is 51.5 Å². The number of rotatable bonds is 7. The van der Waals surface area contributed by atoms with E-state index in [1.165, 1.54) is 18.6 Å². The summed E-state index contributed by atoms with van der Waals surface area (Å²) in [7, 11) is 2.12. The Morgan fingerprint density at radius 3 is 2.84 bits per heavy atom. The number of fused-ring (bicyclic) bond motifs is 1. The van der Waals surface area contributed by atoms with Crippen molar-refractivity contribution in [3.05, 3.63) is 58.5 Å². The third-order valence-corrected chi connectivity index (χ3v) is 7.90. The first-order chi connectivity index (χ1) is 17.8. The summed E-state index contributed by atoms with van der Waals surface area (Å²) in [6.07, 6.45) is 3.63. The molecule has 0 radical (unpaired) electrons. The summed E-state index contributed by atoms with van der Waals surface area (Å²) in [5, 5.41) is 0.516. The Bertz CT molecular complexity index is 1180. The zero-order valence-electron chi connectivity index (χ0n) is 21.5. The van der Waals surface area contributed by atoms with Crippen LogP contribution >= 0.6 is 11.6 Å². The Morgan fingerprint density at radius 2 is 2.11 bits per heavy atom. The molecular weight excluding hydrogens is 495 g/mol. The maximum Gasteiger partial charge on any atom is 0.318 e. The highest BCUT2D eigenvalue weighted by Gasteiger charge is 2.33. The predicted octanol–water partition coefficient (Wildman–Crippen LogP) is 3.48. The normalized spacial score (nSPS) is 22.4. The quantitative estimate of drug-likeness (QED) is 0.510. The van der Waals surface area contributed by atoms with Crippen molar-refractivity contribution in [2.24, 2.45) is 0 Å². The van der Waals surface area contributed by atoms with E-state index in [9.17, 15) is 9.18 Å². The number of likely N-dealkylation sites (N-methyl/N-ethyl adjacent to an activating group) is 1. The number of amides is 1. The van der Waals surface area contributed by atoms with E-state index in [0.29, 0.717) is 68.5 Å². The fourth-order valence-electron chi connectivity index (χ4n) is 5.56. The summed E-state index contributed by atoms with van der Waals surface area (Å²) in [6, 6.07) is 5.44. The Hall–Kier alpha value is -2.75. The summed E-state index contributed by atoms with van der Waals surface area (Å²) in [6.45, 7) is 10.8. The van der Waals surface area contributed by atoms with E-state index in [1.807, 2.05) is 4.90 Å².